The average Bonchev–Trinajstić information content (AvgIpc) is 3.73. The fraction of sp³-hybridized carbons (Fsp3) is 0.379. The zero-order chi connectivity index (χ0) is 28.8. The highest BCUT2D eigenvalue weighted by molar-refractivity contribution is 5.74. The number of imidazole rings is 1. The molecule has 1 aliphatic carbocycles. The number of likely N-dealkylation sites (N-methyl/N-ethyl adjacent to an activating group) is 1. The van der Waals surface area contributed by atoms with Crippen LogP contribution in [-0.4, -0.2) is 69.9 Å². The molecule has 6 rings (SSSR count). The Balaban J connectivity index is 1.28. The molecule has 0 unspecified atom stereocenters. The molecule has 41 heavy (non-hydrogen) atoms. The summed E-state index contributed by atoms with van der Waals surface area (Å²) in [4.78, 5) is 24.6. The maximum absolute atomic E-state index is 15.0. The van der Waals surface area contributed by atoms with Crippen molar-refractivity contribution >= 4 is 28.9 Å². The van der Waals surface area contributed by atoms with Gasteiger partial charge in [0.05, 0.1) is 53.7 Å². The van der Waals surface area contributed by atoms with Crippen LogP contribution in [0.4, 0.5) is 30.9 Å². The van der Waals surface area contributed by atoms with Crippen molar-refractivity contribution in [2.24, 2.45) is 11.7 Å². The molecule has 1 saturated heterocycles. The first-order valence-corrected chi connectivity index (χ1v) is 13.6. The SMILES string of the molecule is COC(=O)N(C)[C@@H]1[C@H](N)CN(c2ccncc2Nc2ncc3ccc(-c4c(F)cc(C5CC5)cc4F)nn23)C[C@@H]1C. The number of benzene rings is 1. The lowest BCUT2D eigenvalue weighted by atomic mass is 9.89. The number of hydrogen-bond acceptors (Lipinski definition) is 8. The number of pyridine rings is 1. The third-order valence-electron chi connectivity index (χ3n) is 8.01. The Bertz CT molecular complexity index is 1570. The maximum Gasteiger partial charge on any atom is 0.409 e. The molecule has 3 N–H and O–H groups in total. The molecular weight excluding hydrogens is 530 g/mol. The van der Waals surface area contributed by atoms with Crippen LogP contribution in [0.25, 0.3) is 16.8 Å². The van der Waals surface area contributed by atoms with Gasteiger partial charge in [-0.15, -0.1) is 0 Å². The summed E-state index contributed by atoms with van der Waals surface area (Å²) in [5.74, 6) is -0.608. The van der Waals surface area contributed by atoms with E-state index in [2.05, 4.69) is 25.3 Å². The number of carbonyl (C=O) groups excluding carboxylic acids is 1. The van der Waals surface area contributed by atoms with E-state index in [1.807, 2.05) is 13.0 Å². The van der Waals surface area contributed by atoms with Gasteiger partial charge >= 0.3 is 6.09 Å². The summed E-state index contributed by atoms with van der Waals surface area (Å²) in [5.41, 5.74) is 9.42. The number of nitrogens with two attached hydrogens (primary N) is 1. The lowest BCUT2D eigenvalue weighted by molar-refractivity contribution is 0.0906. The van der Waals surface area contributed by atoms with E-state index in [9.17, 15) is 4.79 Å². The van der Waals surface area contributed by atoms with Crippen LogP contribution in [0.15, 0.2) is 48.9 Å². The average molecular weight is 563 g/mol. The lowest BCUT2D eigenvalue weighted by Crippen LogP contribution is -2.62. The van der Waals surface area contributed by atoms with Crippen LogP contribution in [0.5, 0.6) is 0 Å². The Morgan fingerprint density at radius 3 is 2.59 bits per heavy atom. The fourth-order valence-corrected chi connectivity index (χ4v) is 5.92. The van der Waals surface area contributed by atoms with E-state index in [0.29, 0.717) is 35.8 Å². The molecule has 3 atom stereocenters. The van der Waals surface area contributed by atoms with Gasteiger partial charge < -0.3 is 25.6 Å². The van der Waals surface area contributed by atoms with Gasteiger partial charge in [-0.2, -0.15) is 9.61 Å². The van der Waals surface area contributed by atoms with Crippen LogP contribution in [0.1, 0.15) is 31.2 Å². The minimum absolute atomic E-state index is 0.0523. The molecule has 10 nitrogen and oxygen atoms in total. The predicted molar refractivity (Wildman–Crippen MR) is 151 cm³/mol. The molecule has 3 aromatic heterocycles. The summed E-state index contributed by atoms with van der Waals surface area (Å²) < 4.78 is 36.5. The van der Waals surface area contributed by atoms with E-state index in [1.54, 1.807) is 42.7 Å². The van der Waals surface area contributed by atoms with Crippen LogP contribution in [0, 0.1) is 17.6 Å². The number of methoxy groups -OCH3 is 1. The van der Waals surface area contributed by atoms with E-state index >= 15 is 8.78 Å². The molecule has 2 aliphatic rings. The first-order valence-electron chi connectivity index (χ1n) is 13.6. The van der Waals surface area contributed by atoms with Crippen molar-refractivity contribution in [3.05, 3.63) is 66.1 Å². The van der Waals surface area contributed by atoms with Gasteiger partial charge in [-0.05, 0) is 60.6 Å². The summed E-state index contributed by atoms with van der Waals surface area (Å²) >= 11 is 0. The van der Waals surface area contributed by atoms with Crippen molar-refractivity contribution in [2.45, 2.75) is 37.8 Å². The van der Waals surface area contributed by atoms with Gasteiger partial charge in [0.25, 0.3) is 0 Å². The molecule has 1 aliphatic heterocycles. The topological polar surface area (TPSA) is 114 Å². The normalized spacial score (nSPS) is 20.7. The minimum Gasteiger partial charge on any atom is -0.453 e. The number of piperidine rings is 1. The van der Waals surface area contributed by atoms with E-state index < -0.39 is 17.7 Å². The molecule has 0 bridgehead atoms. The summed E-state index contributed by atoms with van der Waals surface area (Å²) in [7, 11) is 3.06. The monoisotopic (exact) mass is 562 g/mol. The van der Waals surface area contributed by atoms with Crippen LogP contribution >= 0.6 is 0 Å². The number of aromatic nitrogens is 4. The summed E-state index contributed by atoms with van der Waals surface area (Å²) in [6, 6.07) is 7.51. The van der Waals surface area contributed by atoms with Gasteiger partial charge in [0, 0.05) is 32.4 Å². The predicted octanol–water partition coefficient (Wildman–Crippen LogP) is 4.54. The van der Waals surface area contributed by atoms with Gasteiger partial charge in [0.1, 0.15) is 11.6 Å². The highest BCUT2D eigenvalue weighted by Gasteiger charge is 2.38. The molecule has 0 radical (unpaired) electrons. The van der Waals surface area contributed by atoms with Crippen molar-refractivity contribution in [1.29, 1.82) is 0 Å². The summed E-state index contributed by atoms with van der Waals surface area (Å²) in [5, 5.41) is 7.84. The lowest BCUT2D eigenvalue weighted by Gasteiger charge is -2.45. The number of rotatable bonds is 6. The Labute approximate surface area is 236 Å². The highest BCUT2D eigenvalue weighted by Crippen LogP contribution is 2.42. The number of anilines is 3. The zero-order valence-electron chi connectivity index (χ0n) is 23.1. The molecule has 1 amide bonds. The Kier molecular flexibility index (Phi) is 6.94. The maximum atomic E-state index is 15.0. The second-order valence-corrected chi connectivity index (χ2v) is 10.9. The van der Waals surface area contributed by atoms with E-state index in [-0.39, 0.29) is 35.2 Å². The second-order valence-electron chi connectivity index (χ2n) is 10.9. The van der Waals surface area contributed by atoms with E-state index in [0.717, 1.165) is 18.5 Å². The molecule has 12 heteroatoms. The molecule has 1 saturated carbocycles. The van der Waals surface area contributed by atoms with Gasteiger partial charge in [-0.25, -0.2) is 18.6 Å². The molecule has 2 fully saturated rings. The fourth-order valence-electron chi connectivity index (χ4n) is 5.92. The molecule has 0 spiro atoms. The number of fused-ring (bicyclic) bond motifs is 1. The number of ether oxygens (including phenoxy) is 1. The first-order chi connectivity index (χ1) is 19.7. The number of nitrogens with one attached hydrogen (secondary N) is 1. The molecule has 1 aromatic carbocycles. The Morgan fingerprint density at radius 1 is 1.15 bits per heavy atom. The number of amides is 1. The van der Waals surface area contributed by atoms with Gasteiger partial charge in [0.2, 0.25) is 5.95 Å². The number of hydrogen-bond donors (Lipinski definition) is 2. The van der Waals surface area contributed by atoms with Crippen LogP contribution < -0.4 is 16.0 Å². The quantitative estimate of drug-likeness (QED) is 0.352. The smallest absolute Gasteiger partial charge is 0.409 e. The third kappa shape index (κ3) is 5.03. The van der Waals surface area contributed by atoms with E-state index in [4.69, 9.17) is 10.5 Å². The Hall–Kier alpha value is -4.32. The molecule has 4 heterocycles. The van der Waals surface area contributed by atoms with Crippen molar-refractivity contribution in [1.82, 2.24) is 24.5 Å². The first kappa shape index (κ1) is 26.9. The summed E-state index contributed by atoms with van der Waals surface area (Å²) in [6.45, 7) is 3.18. The van der Waals surface area contributed by atoms with Gasteiger partial charge in [0.15, 0.2) is 0 Å². The largest absolute Gasteiger partial charge is 0.453 e. The number of halogens is 2. The zero-order valence-corrected chi connectivity index (χ0v) is 23.1. The second kappa shape index (κ2) is 10.6. The van der Waals surface area contributed by atoms with Gasteiger partial charge in [-0.3, -0.25) is 4.98 Å². The van der Waals surface area contributed by atoms with Crippen LogP contribution in [0.2, 0.25) is 0 Å². The minimum atomic E-state index is -0.630. The van der Waals surface area contributed by atoms with Crippen LogP contribution in [-0.2, 0) is 4.74 Å². The van der Waals surface area contributed by atoms with Crippen molar-refractivity contribution in [3.8, 4) is 11.3 Å². The third-order valence-corrected chi connectivity index (χ3v) is 8.01. The molecular formula is C29H32F2N8O2. The van der Waals surface area contributed by atoms with Crippen molar-refractivity contribution in [3.63, 3.8) is 0 Å². The molecule has 4 aromatic rings. The summed E-state index contributed by atoms with van der Waals surface area (Å²) in [6.07, 6.45) is 6.49. The Morgan fingerprint density at radius 2 is 1.90 bits per heavy atom. The standard InChI is InChI=1S/C29H32F2N8O2/c1-16-14-38(15-22(32)27(16)37(2)29(40)41-3)25-8-9-33-13-24(25)35-28-34-12-19-6-7-23(36-39(19)28)26-20(30)10-18(11-21(26)31)17-4-5-17/h6-13,16-17,22,27H,4-5,14-15,32H2,1-3H3,(H,34,35)/t16-,22+,27-/m0/s1. The van der Waals surface area contributed by atoms with Gasteiger partial charge in [-0.1, -0.05) is 6.92 Å². The van der Waals surface area contributed by atoms with Crippen molar-refractivity contribution < 1.29 is 18.3 Å². The number of carbonyl (C=O) groups is 1. The highest BCUT2D eigenvalue weighted by atomic mass is 19.1. The number of nitrogens with zero attached hydrogens (tertiary/aromatic N) is 6. The van der Waals surface area contributed by atoms with Crippen molar-refractivity contribution in [2.75, 3.05) is 37.5 Å². The van der Waals surface area contributed by atoms with Crippen LogP contribution in [0.3, 0.4) is 0 Å². The van der Waals surface area contributed by atoms with E-state index in [1.165, 1.54) is 23.8 Å². The molecule has 214 valence electrons.